The van der Waals surface area contributed by atoms with Gasteiger partial charge in [0.25, 0.3) is 0 Å². The molecule has 0 bridgehead atoms. The van der Waals surface area contributed by atoms with Crippen LogP contribution in [0.1, 0.15) is 0 Å². The van der Waals surface area contributed by atoms with Crippen LogP contribution in [0.3, 0.4) is 0 Å². The Kier molecular flexibility index (Phi) is 1.89. The van der Waals surface area contributed by atoms with E-state index in [1.54, 1.807) is 0 Å². The topological polar surface area (TPSA) is 48.6 Å². The fourth-order valence-electron chi connectivity index (χ4n) is 0.352. The van der Waals surface area contributed by atoms with Gasteiger partial charge in [0.05, 0.1) is 0 Å². The van der Waals surface area contributed by atoms with Crippen molar-refractivity contribution in [3.8, 4) is 0 Å². The van der Waals surface area contributed by atoms with Gasteiger partial charge in [0.1, 0.15) is 0 Å². The first-order valence-electron chi connectivity index (χ1n) is 2.02. The van der Waals surface area contributed by atoms with Crippen LogP contribution >= 0.6 is 35.8 Å². The van der Waals surface area contributed by atoms with Crippen molar-refractivity contribution in [1.82, 2.24) is 9.97 Å². The monoisotopic (exact) mass is 178 g/mol. The van der Waals surface area contributed by atoms with Crippen LogP contribution in [0, 0.1) is 7.91 Å². The first kappa shape index (κ1) is 6.79. The van der Waals surface area contributed by atoms with Gasteiger partial charge in [-0.2, -0.15) is 0 Å². The van der Waals surface area contributed by atoms with E-state index in [1.807, 2.05) is 0 Å². The molecule has 3 nitrogen and oxygen atoms in total. The van der Waals surface area contributed by atoms with Crippen molar-refractivity contribution in [2.45, 2.75) is 0 Å². The van der Waals surface area contributed by atoms with Crippen molar-refractivity contribution in [3.05, 3.63) is 18.4 Å². The highest BCUT2D eigenvalue weighted by atomic mass is 32.2. The first-order chi connectivity index (χ1) is 4.18. The Morgan fingerprint density at radius 2 is 1.67 bits per heavy atom. The molecular formula is C3H2N2OS3. The maximum absolute atomic E-state index is 10.5. The molecule has 0 saturated heterocycles. The molecule has 0 aromatic carbocycles. The molecule has 0 aliphatic rings. The van der Waals surface area contributed by atoms with Crippen LogP contribution in [0.15, 0.2) is 4.79 Å². The van der Waals surface area contributed by atoms with Crippen LogP contribution in [-0.2, 0) is 0 Å². The maximum atomic E-state index is 10.5. The molecular weight excluding hydrogens is 176 g/mol. The van der Waals surface area contributed by atoms with Gasteiger partial charge in [-0.15, -0.1) is 0 Å². The predicted octanol–water partition coefficient (Wildman–Crippen LogP) is 1.22. The van der Waals surface area contributed by atoms with Crippen LogP contribution in [0.2, 0.25) is 0 Å². The third-order valence-electron chi connectivity index (χ3n) is 0.617. The molecule has 0 aliphatic carbocycles. The summed E-state index contributed by atoms with van der Waals surface area (Å²) in [6.07, 6.45) is 0. The van der Waals surface area contributed by atoms with Gasteiger partial charge in [-0.25, -0.2) is 4.79 Å². The molecule has 0 aliphatic heterocycles. The summed E-state index contributed by atoms with van der Waals surface area (Å²) in [5, 5.41) is 0. The second-order valence-corrected chi connectivity index (χ2v) is 3.61. The Morgan fingerprint density at radius 3 is 2.00 bits per heavy atom. The minimum Gasteiger partial charge on any atom is -0.290 e. The van der Waals surface area contributed by atoms with Gasteiger partial charge in [-0.05, 0) is 24.4 Å². The van der Waals surface area contributed by atoms with Crippen LogP contribution in [0.4, 0.5) is 0 Å². The van der Waals surface area contributed by atoms with Gasteiger partial charge < -0.3 is 0 Å². The molecule has 1 aromatic rings. The van der Waals surface area contributed by atoms with Gasteiger partial charge in [0, 0.05) is 0 Å². The number of nitrogens with one attached hydrogen (secondary N) is 2. The molecule has 0 unspecified atom stereocenters. The SMILES string of the molecule is O=c1[nH]c(=S)sc(=S)[nH]1. The molecule has 0 saturated carbocycles. The molecule has 0 amide bonds. The van der Waals surface area contributed by atoms with Crippen molar-refractivity contribution in [2.75, 3.05) is 0 Å². The summed E-state index contributed by atoms with van der Waals surface area (Å²) in [5.74, 6) is 0. The fraction of sp³-hybridized carbons (Fsp3) is 0. The highest BCUT2D eigenvalue weighted by Crippen LogP contribution is 1.91. The van der Waals surface area contributed by atoms with Crippen LogP contribution in [0.5, 0.6) is 0 Å². The lowest BCUT2D eigenvalue weighted by molar-refractivity contribution is 1.10. The summed E-state index contributed by atoms with van der Waals surface area (Å²) < 4.78 is 0.813. The molecule has 0 atom stereocenters. The van der Waals surface area contributed by atoms with E-state index >= 15 is 0 Å². The standard InChI is InChI=1S/C3H2N2OS3/c6-1-4-2(7)9-3(8)5-1/h(H2,4,5,6,7,8). The van der Waals surface area contributed by atoms with Crippen molar-refractivity contribution >= 4 is 35.8 Å². The van der Waals surface area contributed by atoms with Gasteiger partial charge in [0.2, 0.25) is 0 Å². The Morgan fingerprint density at radius 1 is 1.22 bits per heavy atom. The molecule has 0 radical (unpaired) electrons. The lowest BCUT2D eigenvalue weighted by atomic mass is 11.2. The van der Waals surface area contributed by atoms with Crippen molar-refractivity contribution in [2.24, 2.45) is 0 Å². The summed E-state index contributed by atoms with van der Waals surface area (Å²) in [4.78, 5) is 15.2. The minimum absolute atomic E-state index is 0.344. The van der Waals surface area contributed by atoms with E-state index < -0.39 is 0 Å². The van der Waals surface area contributed by atoms with E-state index in [0.717, 1.165) is 11.3 Å². The highest BCUT2D eigenvalue weighted by molar-refractivity contribution is 7.75. The Hall–Kier alpha value is -0.330. The fourth-order valence-corrected chi connectivity index (χ4v) is 1.65. The number of H-pyrrole nitrogens is 2. The molecule has 0 spiro atoms. The van der Waals surface area contributed by atoms with Crippen molar-refractivity contribution in [3.63, 3.8) is 0 Å². The summed E-state index contributed by atoms with van der Waals surface area (Å²) in [5.41, 5.74) is -0.344. The van der Waals surface area contributed by atoms with E-state index in [0.29, 0.717) is 7.91 Å². The number of aromatic amines is 2. The zero-order valence-corrected chi connectivity index (χ0v) is 6.58. The molecule has 0 fully saturated rings. The van der Waals surface area contributed by atoms with Crippen LogP contribution < -0.4 is 5.69 Å². The maximum Gasteiger partial charge on any atom is 0.326 e. The summed E-state index contributed by atoms with van der Waals surface area (Å²) in [6.45, 7) is 0. The average Bonchev–Trinajstić information content (AvgIpc) is 1.59. The second kappa shape index (κ2) is 2.51. The first-order valence-corrected chi connectivity index (χ1v) is 3.65. The third-order valence-corrected chi connectivity index (χ3v) is 1.90. The molecule has 6 heteroatoms. The summed E-state index contributed by atoms with van der Waals surface area (Å²) >= 11 is 10.5. The Balaban J connectivity index is 3.72. The largest absolute Gasteiger partial charge is 0.326 e. The predicted molar refractivity (Wildman–Crippen MR) is 41.0 cm³/mol. The minimum atomic E-state index is -0.344. The molecule has 2 N–H and O–H groups in total. The van der Waals surface area contributed by atoms with Crippen LogP contribution in [0.25, 0.3) is 0 Å². The third kappa shape index (κ3) is 1.81. The van der Waals surface area contributed by atoms with Crippen LogP contribution in [-0.4, -0.2) is 9.97 Å². The quantitative estimate of drug-likeness (QED) is 0.587. The lowest BCUT2D eigenvalue weighted by Crippen LogP contribution is -2.07. The smallest absolute Gasteiger partial charge is 0.290 e. The van der Waals surface area contributed by atoms with Crippen molar-refractivity contribution in [1.29, 1.82) is 0 Å². The van der Waals surface area contributed by atoms with Gasteiger partial charge in [-0.1, -0.05) is 11.3 Å². The number of aromatic nitrogens is 2. The Bertz CT molecular complexity index is 280. The summed E-state index contributed by atoms with van der Waals surface area (Å²) in [6, 6.07) is 0. The van der Waals surface area contributed by atoms with Gasteiger partial charge in [-0.3, -0.25) is 9.97 Å². The second-order valence-electron chi connectivity index (χ2n) is 1.26. The van der Waals surface area contributed by atoms with E-state index in [2.05, 4.69) is 34.4 Å². The molecule has 1 aromatic heterocycles. The average molecular weight is 178 g/mol. The lowest BCUT2D eigenvalue weighted by Gasteiger charge is -1.79. The van der Waals surface area contributed by atoms with Gasteiger partial charge in [0.15, 0.2) is 7.91 Å². The van der Waals surface area contributed by atoms with E-state index in [-0.39, 0.29) is 5.69 Å². The summed E-state index contributed by atoms with van der Waals surface area (Å²) in [7, 11) is 0. The zero-order chi connectivity index (χ0) is 6.85. The van der Waals surface area contributed by atoms with Crippen molar-refractivity contribution < 1.29 is 0 Å². The zero-order valence-electron chi connectivity index (χ0n) is 4.13. The van der Waals surface area contributed by atoms with E-state index in [4.69, 9.17) is 0 Å². The van der Waals surface area contributed by atoms with Gasteiger partial charge >= 0.3 is 5.69 Å². The molecule has 1 rings (SSSR count). The number of hydrogen-bond acceptors (Lipinski definition) is 4. The molecule has 48 valence electrons. The highest BCUT2D eigenvalue weighted by Gasteiger charge is 1.81. The Labute approximate surface area is 64.4 Å². The molecule has 1 heterocycles. The molecule has 9 heavy (non-hydrogen) atoms. The van der Waals surface area contributed by atoms with E-state index in [1.165, 1.54) is 0 Å². The number of hydrogen-bond donors (Lipinski definition) is 2. The number of rotatable bonds is 0. The van der Waals surface area contributed by atoms with E-state index in [9.17, 15) is 4.79 Å². The normalized spacial score (nSPS) is 9.33.